The van der Waals surface area contributed by atoms with Crippen LogP contribution in [0.1, 0.15) is 12.8 Å². The number of carbonyl (C=O) groups is 3. The van der Waals surface area contributed by atoms with Gasteiger partial charge in [0, 0.05) is 6.54 Å². The lowest BCUT2D eigenvalue weighted by Crippen LogP contribution is -2.35. The van der Waals surface area contributed by atoms with Crippen molar-refractivity contribution in [1.82, 2.24) is 4.90 Å². The number of carbonyl (C=O) groups excluding carboxylic acids is 3. The van der Waals surface area contributed by atoms with E-state index in [-0.39, 0.29) is 48.5 Å². The van der Waals surface area contributed by atoms with Gasteiger partial charge in [-0.3, -0.25) is 19.3 Å². The zero-order valence-electron chi connectivity index (χ0n) is 15.9. The molecule has 1 saturated carbocycles. The first kappa shape index (κ1) is 17.9. The molecule has 3 aliphatic rings. The molecule has 2 amide bonds. The normalized spacial score (nSPS) is 26.8. The molecule has 146 valence electrons. The van der Waals surface area contributed by atoms with Gasteiger partial charge in [-0.25, -0.2) is 0 Å². The van der Waals surface area contributed by atoms with Crippen LogP contribution in [-0.2, 0) is 14.4 Å². The Morgan fingerprint density at radius 2 is 1.45 bits per heavy atom. The minimum Gasteiger partial charge on any atom is -0.426 e. The van der Waals surface area contributed by atoms with Crippen LogP contribution in [0, 0.1) is 23.7 Å². The summed E-state index contributed by atoms with van der Waals surface area (Å²) in [5, 5.41) is 0. The minimum absolute atomic E-state index is 0.000118. The number of likely N-dealkylation sites (tertiary alicyclic amines) is 1. The van der Waals surface area contributed by atoms with Crippen LogP contribution in [0.4, 0.5) is 0 Å². The number of allylic oxidation sites excluding steroid dienone is 2. The summed E-state index contributed by atoms with van der Waals surface area (Å²) in [5.41, 5.74) is 2.12. The van der Waals surface area contributed by atoms with E-state index in [1.807, 2.05) is 42.5 Å². The number of ether oxygens (including phenoxy) is 1. The average molecular weight is 387 g/mol. The van der Waals surface area contributed by atoms with Crippen LogP contribution in [0.5, 0.6) is 5.75 Å². The molecule has 5 heteroatoms. The molecule has 2 aromatic carbocycles. The molecule has 0 radical (unpaired) electrons. The standard InChI is InChI=1S/C24H21NO4/c26-20(29-19-10-8-16(9-11-19)15-4-2-1-3-5-15)12-13-25-23(27)21-17-6-7-18(14-17)22(21)24(25)28/h1-11,17-18,21-22H,12-14H2/t17-,18+,21-,22-/m0/s1. The summed E-state index contributed by atoms with van der Waals surface area (Å²) in [6.45, 7) is 0.0883. The molecule has 0 spiro atoms. The Hall–Kier alpha value is -3.21. The molecule has 0 aromatic heterocycles. The Bertz CT molecular complexity index is 965. The number of nitrogens with zero attached hydrogens (tertiary/aromatic N) is 1. The van der Waals surface area contributed by atoms with Gasteiger partial charge in [-0.2, -0.15) is 0 Å². The first-order valence-electron chi connectivity index (χ1n) is 10.0. The van der Waals surface area contributed by atoms with Gasteiger partial charge in [0.2, 0.25) is 11.8 Å². The van der Waals surface area contributed by atoms with Gasteiger partial charge >= 0.3 is 5.97 Å². The van der Waals surface area contributed by atoms with Crippen LogP contribution in [0.2, 0.25) is 0 Å². The van der Waals surface area contributed by atoms with Crippen molar-refractivity contribution in [3.63, 3.8) is 0 Å². The number of fused-ring (bicyclic) bond motifs is 5. The van der Waals surface area contributed by atoms with E-state index >= 15 is 0 Å². The summed E-state index contributed by atoms with van der Waals surface area (Å²) in [6.07, 6.45) is 5.03. The van der Waals surface area contributed by atoms with Crippen molar-refractivity contribution in [2.24, 2.45) is 23.7 Å². The molecular weight excluding hydrogens is 366 g/mol. The molecule has 4 atom stereocenters. The molecule has 0 unspecified atom stereocenters. The van der Waals surface area contributed by atoms with Gasteiger partial charge in [-0.1, -0.05) is 54.6 Å². The molecule has 2 fully saturated rings. The van der Waals surface area contributed by atoms with Gasteiger partial charge in [0.1, 0.15) is 5.75 Å². The van der Waals surface area contributed by atoms with E-state index < -0.39 is 5.97 Å². The van der Waals surface area contributed by atoms with Crippen LogP contribution in [0.25, 0.3) is 11.1 Å². The Kier molecular flexibility index (Phi) is 4.31. The third-order valence-electron chi connectivity index (χ3n) is 6.29. The number of esters is 1. The maximum atomic E-state index is 12.6. The summed E-state index contributed by atoms with van der Waals surface area (Å²) >= 11 is 0. The van der Waals surface area contributed by atoms with Gasteiger partial charge in [0.25, 0.3) is 0 Å². The minimum atomic E-state index is -0.448. The largest absolute Gasteiger partial charge is 0.426 e. The van der Waals surface area contributed by atoms with Gasteiger partial charge in [-0.05, 0) is 41.5 Å². The zero-order chi connectivity index (χ0) is 20.0. The molecule has 2 bridgehead atoms. The lowest BCUT2D eigenvalue weighted by Gasteiger charge is -2.16. The van der Waals surface area contributed by atoms with E-state index in [9.17, 15) is 14.4 Å². The number of hydrogen-bond donors (Lipinski definition) is 0. The maximum absolute atomic E-state index is 12.6. The first-order valence-corrected chi connectivity index (χ1v) is 10.0. The Labute approximate surface area is 169 Å². The number of rotatable bonds is 5. The predicted octanol–water partition coefficient (Wildman–Crippen LogP) is 3.46. The zero-order valence-corrected chi connectivity index (χ0v) is 15.9. The van der Waals surface area contributed by atoms with Crippen LogP contribution in [0.15, 0.2) is 66.7 Å². The third kappa shape index (κ3) is 3.07. The molecule has 5 rings (SSSR count). The highest BCUT2D eigenvalue weighted by atomic mass is 16.5. The molecule has 5 nitrogen and oxygen atoms in total. The lowest BCUT2D eigenvalue weighted by atomic mass is 9.85. The summed E-state index contributed by atoms with van der Waals surface area (Å²) < 4.78 is 5.38. The number of imide groups is 1. The van der Waals surface area contributed by atoms with E-state index in [2.05, 4.69) is 12.2 Å². The molecule has 2 aliphatic carbocycles. The fourth-order valence-electron chi connectivity index (χ4n) is 4.92. The van der Waals surface area contributed by atoms with Crippen LogP contribution < -0.4 is 4.74 Å². The van der Waals surface area contributed by atoms with Gasteiger partial charge in [0.15, 0.2) is 0 Å². The average Bonchev–Trinajstić information content (AvgIpc) is 3.42. The molecular formula is C24H21NO4. The molecule has 2 aromatic rings. The van der Waals surface area contributed by atoms with Crippen molar-refractivity contribution in [2.45, 2.75) is 12.8 Å². The fourth-order valence-corrected chi connectivity index (χ4v) is 4.92. The lowest BCUT2D eigenvalue weighted by molar-refractivity contribution is -0.142. The van der Waals surface area contributed by atoms with Crippen molar-refractivity contribution in [1.29, 1.82) is 0 Å². The molecule has 29 heavy (non-hydrogen) atoms. The monoisotopic (exact) mass is 387 g/mol. The second kappa shape index (κ2) is 6.99. The summed E-state index contributed by atoms with van der Waals surface area (Å²) in [4.78, 5) is 38.8. The topological polar surface area (TPSA) is 63.7 Å². The van der Waals surface area contributed by atoms with Crippen molar-refractivity contribution in [3.05, 3.63) is 66.7 Å². The smallest absolute Gasteiger partial charge is 0.312 e. The van der Waals surface area contributed by atoms with Crippen LogP contribution in [0.3, 0.4) is 0 Å². The van der Waals surface area contributed by atoms with E-state index in [0.29, 0.717) is 5.75 Å². The van der Waals surface area contributed by atoms with Crippen molar-refractivity contribution in [2.75, 3.05) is 6.54 Å². The van der Waals surface area contributed by atoms with Crippen LogP contribution in [-0.4, -0.2) is 29.2 Å². The van der Waals surface area contributed by atoms with E-state index in [1.54, 1.807) is 12.1 Å². The quantitative estimate of drug-likeness (QED) is 0.341. The van der Waals surface area contributed by atoms with Crippen molar-refractivity contribution < 1.29 is 19.1 Å². The summed E-state index contributed by atoms with van der Waals surface area (Å²) in [6, 6.07) is 17.2. The van der Waals surface area contributed by atoms with Crippen molar-refractivity contribution >= 4 is 17.8 Å². The highest BCUT2D eigenvalue weighted by Gasteiger charge is 2.59. The van der Waals surface area contributed by atoms with Gasteiger partial charge < -0.3 is 4.74 Å². The second-order valence-electron chi connectivity index (χ2n) is 7.94. The molecule has 0 N–H and O–H groups in total. The predicted molar refractivity (Wildman–Crippen MR) is 107 cm³/mol. The fraction of sp³-hybridized carbons (Fsp3) is 0.292. The van der Waals surface area contributed by atoms with E-state index in [0.717, 1.165) is 17.5 Å². The first-order chi connectivity index (χ1) is 14.1. The highest BCUT2D eigenvalue weighted by molar-refractivity contribution is 6.06. The van der Waals surface area contributed by atoms with Crippen LogP contribution >= 0.6 is 0 Å². The SMILES string of the molecule is O=C(CCN1C(=O)[C@@H]2[C@@H](C1=O)[C@H]1C=C[C@@H]2C1)Oc1ccc(-c2ccccc2)cc1. The van der Waals surface area contributed by atoms with E-state index in [4.69, 9.17) is 4.74 Å². The Balaban J connectivity index is 1.18. The Morgan fingerprint density at radius 3 is 2.07 bits per heavy atom. The molecule has 1 heterocycles. The summed E-state index contributed by atoms with van der Waals surface area (Å²) in [7, 11) is 0. The number of amides is 2. The maximum Gasteiger partial charge on any atom is 0.312 e. The highest BCUT2D eigenvalue weighted by Crippen LogP contribution is 2.52. The Morgan fingerprint density at radius 1 is 0.862 bits per heavy atom. The van der Waals surface area contributed by atoms with Gasteiger partial charge in [0.05, 0.1) is 18.3 Å². The molecule has 1 saturated heterocycles. The van der Waals surface area contributed by atoms with Crippen molar-refractivity contribution in [3.8, 4) is 16.9 Å². The second-order valence-corrected chi connectivity index (χ2v) is 7.94. The molecule has 1 aliphatic heterocycles. The number of hydrogen-bond acceptors (Lipinski definition) is 4. The van der Waals surface area contributed by atoms with E-state index in [1.165, 1.54) is 4.90 Å². The third-order valence-corrected chi connectivity index (χ3v) is 6.29. The van der Waals surface area contributed by atoms with Gasteiger partial charge in [-0.15, -0.1) is 0 Å². The summed E-state index contributed by atoms with van der Waals surface area (Å²) in [5.74, 6) is -0.334. The number of benzene rings is 2.